The number of amides is 4. The van der Waals surface area contributed by atoms with Gasteiger partial charge in [0.05, 0.1) is 25.2 Å². The van der Waals surface area contributed by atoms with Crippen LogP contribution >= 0.6 is 0 Å². The van der Waals surface area contributed by atoms with Crippen LogP contribution < -0.4 is 27.0 Å². The van der Waals surface area contributed by atoms with Gasteiger partial charge in [-0.2, -0.15) is 0 Å². The van der Waals surface area contributed by atoms with Gasteiger partial charge in [-0.15, -0.1) is 0 Å². The lowest BCUT2D eigenvalue weighted by Crippen LogP contribution is -2.58. The number of rotatable bonds is 19. The first-order chi connectivity index (χ1) is 19.0. The molecular formula is C29H55N5O7. The van der Waals surface area contributed by atoms with Crippen molar-refractivity contribution in [3.8, 4) is 0 Å². The molecule has 0 radical (unpaired) electrons. The number of unbranched alkanes of at least 4 members (excludes halogenated alkanes) is 1. The fraction of sp³-hybridized carbons (Fsp3) is 0.828. The van der Waals surface area contributed by atoms with E-state index < -0.39 is 59.9 Å². The highest BCUT2D eigenvalue weighted by Crippen LogP contribution is 2.22. The second-order valence-electron chi connectivity index (χ2n) is 12.0. The second-order valence-corrected chi connectivity index (χ2v) is 12.0. The fourth-order valence-corrected chi connectivity index (χ4v) is 4.60. The van der Waals surface area contributed by atoms with Crippen LogP contribution in [0.5, 0.6) is 0 Å². The summed E-state index contributed by atoms with van der Waals surface area (Å²) in [6, 6.07) is -3.49. The average Bonchev–Trinajstić information content (AvgIpc) is 2.87. The number of nitrogens with one attached hydrogen (secondary N) is 4. The van der Waals surface area contributed by atoms with Crippen LogP contribution in [0.25, 0.3) is 0 Å². The zero-order chi connectivity index (χ0) is 31.9. The first kappa shape index (κ1) is 38.3. The Kier molecular flexibility index (Phi) is 18.1. The number of hydrogen-bond donors (Lipinski definition) is 6. The van der Waals surface area contributed by atoms with Gasteiger partial charge in [0.2, 0.25) is 23.6 Å². The Bertz CT molecular complexity index is 849. The number of carbonyl (C=O) groups is 5. The number of esters is 1. The minimum absolute atomic E-state index is 0.0364. The molecule has 41 heavy (non-hydrogen) atoms. The van der Waals surface area contributed by atoms with Crippen LogP contribution in [0.3, 0.4) is 0 Å². The molecule has 0 saturated heterocycles. The molecule has 0 aliphatic heterocycles. The Balaban J connectivity index is 6.08. The molecular weight excluding hydrogens is 530 g/mol. The van der Waals surface area contributed by atoms with Gasteiger partial charge in [-0.05, 0) is 63.3 Å². The lowest BCUT2D eigenvalue weighted by atomic mass is 9.84. The normalized spacial score (nSPS) is 15.9. The van der Waals surface area contributed by atoms with Crippen molar-refractivity contribution in [2.24, 2.45) is 29.4 Å². The summed E-state index contributed by atoms with van der Waals surface area (Å²) >= 11 is 0. The maximum atomic E-state index is 13.6. The van der Waals surface area contributed by atoms with Crippen molar-refractivity contribution in [2.45, 2.75) is 118 Å². The van der Waals surface area contributed by atoms with E-state index in [0.717, 1.165) is 0 Å². The fourth-order valence-electron chi connectivity index (χ4n) is 4.60. The van der Waals surface area contributed by atoms with Crippen molar-refractivity contribution in [2.75, 3.05) is 13.7 Å². The molecule has 0 unspecified atom stereocenters. The molecule has 0 rings (SSSR count). The molecule has 0 aliphatic rings. The Labute approximate surface area is 245 Å². The molecule has 12 heteroatoms. The number of methoxy groups -OCH3 is 1. The Hall–Kier alpha value is -2.73. The van der Waals surface area contributed by atoms with E-state index >= 15 is 0 Å². The van der Waals surface area contributed by atoms with Crippen LogP contribution in [0.15, 0.2) is 0 Å². The predicted molar refractivity (Wildman–Crippen MR) is 157 cm³/mol. The van der Waals surface area contributed by atoms with E-state index in [2.05, 4.69) is 21.3 Å². The maximum Gasteiger partial charge on any atom is 0.328 e. The summed E-state index contributed by atoms with van der Waals surface area (Å²) in [6.45, 7) is 14.5. The number of nitrogens with two attached hydrogens (primary N) is 1. The molecule has 0 fully saturated rings. The number of ether oxygens (including phenoxy) is 1. The SMILES string of the molecule is COC(=O)[C@H](C)NC(=O)[C@H](CC(C)C)[C@H](O)[C@H](CC(C)C)NC(=O)[C@H](CCCCN)NC(=O)[C@@H](NC(C)=O)C(C)C. The van der Waals surface area contributed by atoms with E-state index in [9.17, 15) is 29.1 Å². The van der Waals surface area contributed by atoms with Gasteiger partial charge in [0.15, 0.2) is 0 Å². The zero-order valence-corrected chi connectivity index (χ0v) is 26.4. The van der Waals surface area contributed by atoms with Gasteiger partial charge in [-0.3, -0.25) is 19.2 Å². The molecule has 0 heterocycles. The Morgan fingerprint density at radius 2 is 1.37 bits per heavy atom. The van der Waals surface area contributed by atoms with Crippen LogP contribution in [0.1, 0.15) is 87.5 Å². The van der Waals surface area contributed by atoms with Gasteiger partial charge in [0.1, 0.15) is 18.1 Å². The number of hydrogen-bond acceptors (Lipinski definition) is 8. The van der Waals surface area contributed by atoms with Crippen LogP contribution in [-0.2, 0) is 28.7 Å². The van der Waals surface area contributed by atoms with Gasteiger partial charge in [-0.1, -0.05) is 41.5 Å². The van der Waals surface area contributed by atoms with Crippen LogP contribution in [0.2, 0.25) is 0 Å². The lowest BCUT2D eigenvalue weighted by Gasteiger charge is -2.33. The number of aliphatic hydroxyl groups excluding tert-OH is 1. The van der Waals surface area contributed by atoms with Gasteiger partial charge in [0.25, 0.3) is 0 Å². The third-order valence-corrected chi connectivity index (χ3v) is 6.74. The minimum atomic E-state index is -1.27. The molecule has 0 aromatic rings. The van der Waals surface area contributed by atoms with Gasteiger partial charge in [-0.25, -0.2) is 4.79 Å². The second kappa shape index (κ2) is 19.4. The smallest absolute Gasteiger partial charge is 0.328 e. The topological polar surface area (TPSA) is 189 Å². The molecule has 238 valence electrons. The van der Waals surface area contributed by atoms with Crippen molar-refractivity contribution in [3.05, 3.63) is 0 Å². The quantitative estimate of drug-likeness (QED) is 0.0956. The van der Waals surface area contributed by atoms with Gasteiger partial charge < -0.3 is 36.8 Å². The molecule has 0 aromatic carbocycles. The molecule has 0 spiro atoms. The summed E-state index contributed by atoms with van der Waals surface area (Å²) in [5.41, 5.74) is 5.64. The summed E-state index contributed by atoms with van der Waals surface area (Å²) in [5, 5.41) is 22.4. The highest BCUT2D eigenvalue weighted by Gasteiger charge is 2.37. The summed E-state index contributed by atoms with van der Waals surface area (Å²) in [7, 11) is 1.22. The van der Waals surface area contributed by atoms with E-state index in [0.29, 0.717) is 38.6 Å². The summed E-state index contributed by atoms with van der Waals surface area (Å²) in [4.78, 5) is 63.4. The number of aliphatic hydroxyl groups is 1. The van der Waals surface area contributed by atoms with Crippen LogP contribution in [0.4, 0.5) is 0 Å². The Morgan fingerprint density at radius 3 is 1.83 bits per heavy atom. The van der Waals surface area contributed by atoms with Gasteiger partial charge >= 0.3 is 5.97 Å². The summed E-state index contributed by atoms with van der Waals surface area (Å²) in [5.74, 6) is -3.52. The van der Waals surface area contributed by atoms with E-state index in [1.165, 1.54) is 21.0 Å². The van der Waals surface area contributed by atoms with Crippen molar-refractivity contribution in [1.82, 2.24) is 21.3 Å². The Morgan fingerprint density at radius 1 is 0.780 bits per heavy atom. The van der Waals surface area contributed by atoms with E-state index in [-0.39, 0.29) is 23.7 Å². The lowest BCUT2D eigenvalue weighted by molar-refractivity contribution is -0.146. The third-order valence-electron chi connectivity index (χ3n) is 6.74. The molecule has 0 aliphatic carbocycles. The summed E-state index contributed by atoms with van der Waals surface area (Å²) < 4.78 is 4.70. The molecule has 0 bridgehead atoms. The average molecular weight is 586 g/mol. The number of carbonyl (C=O) groups excluding carboxylic acids is 5. The monoisotopic (exact) mass is 585 g/mol. The van der Waals surface area contributed by atoms with Crippen molar-refractivity contribution in [3.63, 3.8) is 0 Å². The van der Waals surface area contributed by atoms with Crippen LogP contribution in [-0.4, -0.2) is 78.6 Å². The molecule has 4 amide bonds. The van der Waals surface area contributed by atoms with Crippen molar-refractivity contribution in [1.29, 1.82) is 0 Å². The maximum absolute atomic E-state index is 13.6. The first-order valence-electron chi connectivity index (χ1n) is 14.7. The first-order valence-corrected chi connectivity index (χ1v) is 14.7. The highest BCUT2D eigenvalue weighted by atomic mass is 16.5. The van der Waals surface area contributed by atoms with Gasteiger partial charge in [0, 0.05) is 6.92 Å². The third kappa shape index (κ3) is 14.6. The van der Waals surface area contributed by atoms with E-state index in [1.54, 1.807) is 13.8 Å². The molecule has 0 aromatic heterocycles. The van der Waals surface area contributed by atoms with E-state index in [1.807, 2.05) is 27.7 Å². The molecule has 6 atom stereocenters. The predicted octanol–water partition coefficient (Wildman–Crippen LogP) is 0.993. The van der Waals surface area contributed by atoms with Crippen molar-refractivity contribution >= 4 is 29.6 Å². The molecule has 12 nitrogen and oxygen atoms in total. The van der Waals surface area contributed by atoms with Crippen molar-refractivity contribution < 1.29 is 33.8 Å². The standard InChI is InChI=1S/C29H55N5O7/c1-16(2)14-21(26(37)31-19(7)29(40)41-9)25(36)23(15-17(3)4)34-27(38)22(12-10-11-13-30)33-28(39)24(18(5)6)32-20(8)35/h16-19,21-25,36H,10-15,30H2,1-9H3,(H,31,37)(H,32,35)(H,33,39)(H,34,38)/t19-,21+,22-,23-,24-,25-/m0/s1. The highest BCUT2D eigenvalue weighted by molar-refractivity contribution is 5.92. The van der Waals surface area contributed by atoms with E-state index in [4.69, 9.17) is 10.5 Å². The molecule has 7 N–H and O–H groups in total. The summed E-state index contributed by atoms with van der Waals surface area (Å²) in [6.07, 6.45) is 0.933. The molecule has 0 saturated carbocycles. The zero-order valence-electron chi connectivity index (χ0n) is 26.4. The minimum Gasteiger partial charge on any atom is -0.467 e. The largest absolute Gasteiger partial charge is 0.467 e. The van der Waals surface area contributed by atoms with Crippen LogP contribution in [0, 0.1) is 23.7 Å².